The van der Waals surface area contributed by atoms with Crippen molar-refractivity contribution < 1.29 is 0 Å². The predicted molar refractivity (Wildman–Crippen MR) is 42.4 cm³/mol. The topological polar surface area (TPSA) is 0 Å². The third kappa shape index (κ3) is 6.09. The van der Waals surface area contributed by atoms with Crippen LogP contribution in [0.15, 0.2) is 12.2 Å². The lowest BCUT2D eigenvalue weighted by molar-refractivity contribution is 1.11. The van der Waals surface area contributed by atoms with Crippen LogP contribution in [0.25, 0.3) is 0 Å². The fourth-order valence-electron chi connectivity index (χ4n) is 0.391. The van der Waals surface area contributed by atoms with Gasteiger partial charge in [-0.15, -0.1) is 0 Å². The lowest BCUT2D eigenvalue weighted by Gasteiger charge is -1.95. The Bertz CT molecular complexity index is 66.8. The minimum absolute atomic E-state index is 1.13. The minimum atomic E-state index is 1.13. The molecule has 0 N–H and O–H groups in total. The van der Waals surface area contributed by atoms with Crippen LogP contribution in [0.5, 0.6) is 0 Å². The highest BCUT2D eigenvalue weighted by atomic mass is 32.2. The van der Waals surface area contributed by atoms with Crippen molar-refractivity contribution >= 4 is 11.8 Å². The second-order valence-corrected chi connectivity index (χ2v) is 3.11. The van der Waals surface area contributed by atoms with E-state index in [1.807, 2.05) is 11.8 Å². The quantitative estimate of drug-likeness (QED) is 0.416. The predicted octanol–water partition coefficient (Wildman–Crippen LogP) is 2.71. The minimum Gasteiger partial charge on any atom is -0.158 e. The molecule has 0 fully saturated rings. The molecule has 0 unspecified atom stereocenters. The van der Waals surface area contributed by atoms with E-state index < -0.39 is 0 Å². The van der Waals surface area contributed by atoms with Gasteiger partial charge >= 0.3 is 0 Å². The van der Waals surface area contributed by atoms with Crippen LogP contribution >= 0.6 is 11.8 Å². The van der Waals surface area contributed by atoms with E-state index in [0.717, 1.165) is 5.75 Å². The summed E-state index contributed by atoms with van der Waals surface area (Å²) in [7, 11) is 0. The van der Waals surface area contributed by atoms with Gasteiger partial charge in [-0.05, 0) is 19.1 Å². The summed E-state index contributed by atoms with van der Waals surface area (Å²) in [6.07, 6.45) is 1.28. The largest absolute Gasteiger partial charge is 0.158 e. The van der Waals surface area contributed by atoms with E-state index in [1.165, 1.54) is 17.7 Å². The molecule has 0 aliphatic heterocycles. The molecule has 0 aliphatic rings. The zero-order chi connectivity index (χ0) is 6.41. The molecule has 8 heavy (non-hydrogen) atoms. The highest BCUT2D eigenvalue weighted by molar-refractivity contribution is 7.99. The molecule has 0 saturated heterocycles. The molecule has 0 bridgehead atoms. The van der Waals surface area contributed by atoms with Crippen LogP contribution in [0.1, 0.15) is 20.3 Å². The van der Waals surface area contributed by atoms with Gasteiger partial charge in [-0.1, -0.05) is 19.1 Å². The Morgan fingerprint density at radius 1 is 1.62 bits per heavy atom. The van der Waals surface area contributed by atoms with Gasteiger partial charge in [-0.25, -0.2) is 0 Å². The Morgan fingerprint density at radius 3 is 2.62 bits per heavy atom. The summed E-state index contributed by atoms with van der Waals surface area (Å²) in [6, 6.07) is 0. The smallest absolute Gasteiger partial charge is 0.0137 e. The Hall–Kier alpha value is 0.0900. The van der Waals surface area contributed by atoms with Crippen LogP contribution in [-0.2, 0) is 0 Å². The molecular weight excluding hydrogens is 116 g/mol. The molecule has 0 spiro atoms. The van der Waals surface area contributed by atoms with Gasteiger partial charge in [0.25, 0.3) is 0 Å². The molecule has 1 heteroatoms. The molecule has 0 aliphatic carbocycles. The van der Waals surface area contributed by atoms with Crippen molar-refractivity contribution in [2.24, 2.45) is 0 Å². The van der Waals surface area contributed by atoms with E-state index in [1.54, 1.807) is 0 Å². The van der Waals surface area contributed by atoms with Gasteiger partial charge in [-0.2, -0.15) is 11.8 Å². The van der Waals surface area contributed by atoms with Crippen molar-refractivity contribution in [2.75, 3.05) is 11.5 Å². The maximum Gasteiger partial charge on any atom is 0.0137 e. The molecule has 0 amide bonds. The Labute approximate surface area is 56.4 Å². The van der Waals surface area contributed by atoms with Gasteiger partial charge in [-0.3, -0.25) is 0 Å². The van der Waals surface area contributed by atoms with Gasteiger partial charge < -0.3 is 0 Å². The fourth-order valence-corrected chi connectivity index (χ4v) is 1.17. The van der Waals surface area contributed by atoms with Gasteiger partial charge in [0.15, 0.2) is 0 Å². The fraction of sp³-hybridized carbons (Fsp3) is 0.714. The van der Waals surface area contributed by atoms with Crippen molar-refractivity contribution in [3.05, 3.63) is 12.2 Å². The van der Waals surface area contributed by atoms with Gasteiger partial charge in [0.05, 0.1) is 0 Å². The van der Waals surface area contributed by atoms with Crippen LogP contribution in [0.4, 0.5) is 0 Å². The number of rotatable bonds is 4. The van der Waals surface area contributed by atoms with Crippen LogP contribution in [0.3, 0.4) is 0 Å². The molecule has 0 radical (unpaired) electrons. The summed E-state index contributed by atoms with van der Waals surface area (Å²) in [5, 5.41) is 0. The average molecular weight is 130 g/mol. The lowest BCUT2D eigenvalue weighted by Crippen LogP contribution is -1.80. The van der Waals surface area contributed by atoms with E-state index in [9.17, 15) is 0 Å². The summed E-state index contributed by atoms with van der Waals surface area (Å²) in [6.45, 7) is 8.08. The first-order chi connectivity index (χ1) is 3.77. The third-order valence-corrected chi connectivity index (χ3v) is 2.09. The first-order valence-corrected chi connectivity index (χ1v) is 4.15. The van der Waals surface area contributed by atoms with E-state index in [2.05, 4.69) is 20.4 Å². The summed E-state index contributed by atoms with van der Waals surface area (Å²) in [5.74, 6) is 2.40. The third-order valence-electron chi connectivity index (χ3n) is 0.697. The second kappa shape index (κ2) is 5.23. The van der Waals surface area contributed by atoms with E-state index >= 15 is 0 Å². The first kappa shape index (κ1) is 8.09. The van der Waals surface area contributed by atoms with Crippen LogP contribution in [0, 0.1) is 0 Å². The summed E-state index contributed by atoms with van der Waals surface area (Å²) < 4.78 is 0. The Morgan fingerprint density at radius 2 is 2.25 bits per heavy atom. The molecule has 0 aromatic carbocycles. The SMILES string of the molecule is C=C(C)CSCCC. The molecule has 0 aromatic rings. The molecule has 0 atom stereocenters. The van der Waals surface area contributed by atoms with Gasteiger partial charge in [0.1, 0.15) is 0 Å². The highest BCUT2D eigenvalue weighted by Gasteiger charge is 1.84. The van der Waals surface area contributed by atoms with Crippen molar-refractivity contribution in [2.45, 2.75) is 20.3 Å². The van der Waals surface area contributed by atoms with Crippen molar-refractivity contribution in [3.63, 3.8) is 0 Å². The normalized spacial score (nSPS) is 9.25. The van der Waals surface area contributed by atoms with Gasteiger partial charge in [0, 0.05) is 5.75 Å². The Kier molecular flexibility index (Phi) is 5.29. The first-order valence-electron chi connectivity index (χ1n) is 2.99. The molecule has 0 rings (SSSR count). The van der Waals surface area contributed by atoms with Crippen molar-refractivity contribution in [3.8, 4) is 0 Å². The monoisotopic (exact) mass is 130 g/mol. The van der Waals surface area contributed by atoms with Gasteiger partial charge in [0.2, 0.25) is 0 Å². The summed E-state index contributed by atoms with van der Waals surface area (Å²) in [4.78, 5) is 0. The van der Waals surface area contributed by atoms with Crippen molar-refractivity contribution in [1.82, 2.24) is 0 Å². The Balaban J connectivity index is 2.82. The molecule has 48 valence electrons. The number of hydrogen-bond acceptors (Lipinski definition) is 1. The zero-order valence-corrected chi connectivity index (χ0v) is 6.55. The highest BCUT2D eigenvalue weighted by Crippen LogP contribution is 2.05. The number of hydrogen-bond donors (Lipinski definition) is 0. The zero-order valence-electron chi connectivity index (χ0n) is 5.74. The van der Waals surface area contributed by atoms with Crippen molar-refractivity contribution in [1.29, 1.82) is 0 Å². The molecule has 0 saturated carbocycles. The van der Waals surface area contributed by atoms with E-state index in [-0.39, 0.29) is 0 Å². The van der Waals surface area contributed by atoms with Crippen LogP contribution in [0.2, 0.25) is 0 Å². The molecule has 0 nitrogen and oxygen atoms in total. The summed E-state index contributed by atoms with van der Waals surface area (Å²) in [5.41, 5.74) is 1.28. The average Bonchev–Trinajstić information content (AvgIpc) is 1.66. The van der Waals surface area contributed by atoms with Crippen LogP contribution < -0.4 is 0 Å². The van der Waals surface area contributed by atoms with Crippen LogP contribution in [-0.4, -0.2) is 11.5 Å². The maximum absolute atomic E-state index is 3.81. The second-order valence-electron chi connectivity index (χ2n) is 2.01. The number of thioether (sulfide) groups is 1. The lowest BCUT2D eigenvalue weighted by atomic mass is 10.4. The molecule has 0 aromatic heterocycles. The molecular formula is C7H14S. The summed E-state index contributed by atoms with van der Waals surface area (Å²) >= 11 is 1.96. The maximum atomic E-state index is 3.81. The molecule has 0 heterocycles. The van der Waals surface area contributed by atoms with E-state index in [0.29, 0.717) is 0 Å². The van der Waals surface area contributed by atoms with E-state index in [4.69, 9.17) is 0 Å². The standard InChI is InChI=1S/C7H14S/c1-4-5-8-6-7(2)3/h2,4-6H2,1,3H3.